The molecule has 0 spiro atoms. The maximum absolute atomic E-state index is 13.8. The maximum atomic E-state index is 13.8. The van der Waals surface area contributed by atoms with Crippen LogP contribution in [0.5, 0.6) is 0 Å². The summed E-state index contributed by atoms with van der Waals surface area (Å²) in [5.41, 5.74) is -0.401. The molecule has 1 heterocycles. The number of fused-ring (bicyclic) bond motifs is 4. The summed E-state index contributed by atoms with van der Waals surface area (Å²) in [6.45, 7) is 14.4. The highest BCUT2D eigenvalue weighted by Crippen LogP contribution is 2.71. The first-order valence-corrected chi connectivity index (χ1v) is 9.70. The van der Waals surface area contributed by atoms with Crippen LogP contribution in [0.25, 0.3) is 0 Å². The summed E-state index contributed by atoms with van der Waals surface area (Å²) in [6, 6.07) is 0.374. The molecule has 4 atom stereocenters. The van der Waals surface area contributed by atoms with E-state index in [4.69, 9.17) is 0 Å². The number of nitrogens with zero attached hydrogens (tertiary/aromatic N) is 1. The molecule has 3 nitrogen and oxygen atoms in total. The van der Waals surface area contributed by atoms with Crippen molar-refractivity contribution >= 4 is 11.7 Å². The van der Waals surface area contributed by atoms with Crippen LogP contribution in [0.4, 0.5) is 0 Å². The van der Waals surface area contributed by atoms with Crippen LogP contribution < -0.4 is 0 Å². The zero-order valence-electron chi connectivity index (χ0n) is 16.3. The second-order valence-corrected chi connectivity index (χ2v) is 11.3. The van der Waals surface area contributed by atoms with Gasteiger partial charge in [0.25, 0.3) is 0 Å². The van der Waals surface area contributed by atoms with Crippen LogP contribution in [0, 0.1) is 27.1 Å². The molecule has 0 unspecified atom stereocenters. The zero-order chi connectivity index (χ0) is 17.8. The molecule has 1 amide bonds. The highest BCUT2D eigenvalue weighted by Gasteiger charge is 2.73. The van der Waals surface area contributed by atoms with E-state index >= 15 is 0 Å². The van der Waals surface area contributed by atoms with E-state index in [0.717, 1.165) is 32.2 Å². The molecule has 0 aromatic rings. The summed E-state index contributed by atoms with van der Waals surface area (Å²) in [7, 11) is 0. The van der Waals surface area contributed by atoms with Gasteiger partial charge in [-0.3, -0.25) is 9.59 Å². The Morgan fingerprint density at radius 2 is 1.71 bits per heavy atom. The van der Waals surface area contributed by atoms with Gasteiger partial charge in [-0.1, -0.05) is 41.5 Å². The average Bonchev–Trinajstić information content (AvgIpc) is 2.86. The number of amides is 1. The quantitative estimate of drug-likeness (QED) is 0.722. The maximum Gasteiger partial charge on any atom is 0.230 e. The number of hydrogen-bond donors (Lipinski definition) is 0. The summed E-state index contributed by atoms with van der Waals surface area (Å²) in [4.78, 5) is 28.7. The molecule has 3 aliphatic carbocycles. The van der Waals surface area contributed by atoms with E-state index in [1.165, 1.54) is 6.42 Å². The Labute approximate surface area is 146 Å². The number of hydrogen-bond acceptors (Lipinski definition) is 2. The van der Waals surface area contributed by atoms with Crippen molar-refractivity contribution in [3.63, 3.8) is 0 Å². The molecule has 24 heavy (non-hydrogen) atoms. The topological polar surface area (TPSA) is 37.4 Å². The molecule has 1 saturated heterocycles. The lowest BCUT2D eigenvalue weighted by molar-refractivity contribution is -0.149. The van der Waals surface area contributed by atoms with Crippen molar-refractivity contribution < 1.29 is 9.59 Å². The Bertz CT molecular complexity index is 636. The van der Waals surface area contributed by atoms with Gasteiger partial charge in [-0.05, 0) is 48.3 Å². The summed E-state index contributed by atoms with van der Waals surface area (Å²) >= 11 is 0. The molecule has 1 aliphatic heterocycles. The van der Waals surface area contributed by atoms with Gasteiger partial charge in [0, 0.05) is 24.4 Å². The van der Waals surface area contributed by atoms with Gasteiger partial charge >= 0.3 is 0 Å². The van der Waals surface area contributed by atoms with Crippen LogP contribution >= 0.6 is 0 Å². The van der Waals surface area contributed by atoms with Crippen molar-refractivity contribution in [3.05, 3.63) is 0 Å². The molecule has 0 aromatic carbocycles. The summed E-state index contributed by atoms with van der Waals surface area (Å²) in [5, 5.41) is 0. The Hall–Kier alpha value is -0.860. The predicted molar refractivity (Wildman–Crippen MR) is 94.4 cm³/mol. The molecule has 3 saturated carbocycles. The molecular formula is C21H33NO2. The lowest BCUT2D eigenvalue weighted by atomic mass is 9.64. The molecule has 4 rings (SSSR count). The van der Waals surface area contributed by atoms with Crippen molar-refractivity contribution in [2.75, 3.05) is 6.54 Å². The van der Waals surface area contributed by atoms with E-state index in [0.29, 0.717) is 29.6 Å². The Morgan fingerprint density at radius 3 is 2.25 bits per heavy atom. The van der Waals surface area contributed by atoms with E-state index < -0.39 is 5.41 Å². The average molecular weight is 332 g/mol. The molecule has 4 fully saturated rings. The van der Waals surface area contributed by atoms with Gasteiger partial charge in [0.1, 0.15) is 5.78 Å². The van der Waals surface area contributed by atoms with Crippen LogP contribution in [-0.4, -0.2) is 29.2 Å². The van der Waals surface area contributed by atoms with Crippen LogP contribution in [0.2, 0.25) is 0 Å². The lowest BCUT2D eigenvalue weighted by Gasteiger charge is -2.43. The normalized spacial score (nSPS) is 48.2. The minimum absolute atomic E-state index is 0.221. The van der Waals surface area contributed by atoms with Crippen molar-refractivity contribution in [3.8, 4) is 0 Å². The molecule has 0 N–H and O–H groups in total. The Balaban J connectivity index is 1.70. The fraction of sp³-hybridized carbons (Fsp3) is 0.905. The molecule has 4 bridgehead atoms. The van der Waals surface area contributed by atoms with Gasteiger partial charge in [-0.2, -0.15) is 0 Å². The largest absolute Gasteiger partial charge is 0.339 e. The van der Waals surface area contributed by atoms with Crippen molar-refractivity contribution in [2.24, 2.45) is 27.1 Å². The number of ketones is 1. The van der Waals surface area contributed by atoms with E-state index in [1.807, 2.05) is 0 Å². The molecule has 4 aliphatic rings. The SMILES string of the molecule is CC1(C)C[C@@H]2C[C@@](C)(CN2C(=O)[C@]23CC[C@](C)(C(=O)C2)C3(C)C)C1. The Morgan fingerprint density at radius 1 is 1.04 bits per heavy atom. The number of Topliss-reactive ketones (excluding diaryl/α,β-unsaturated/α-hetero) is 1. The Kier molecular flexibility index (Phi) is 2.95. The van der Waals surface area contributed by atoms with Crippen molar-refractivity contribution in [1.29, 1.82) is 0 Å². The van der Waals surface area contributed by atoms with Crippen LogP contribution in [0.1, 0.15) is 80.1 Å². The van der Waals surface area contributed by atoms with Gasteiger partial charge in [0.15, 0.2) is 0 Å². The first-order valence-electron chi connectivity index (χ1n) is 9.70. The number of rotatable bonds is 1. The second kappa shape index (κ2) is 4.27. The first-order chi connectivity index (χ1) is 10.9. The summed E-state index contributed by atoms with van der Waals surface area (Å²) < 4.78 is 0. The third-order valence-electron chi connectivity index (χ3n) is 8.79. The minimum atomic E-state index is -0.448. The third kappa shape index (κ3) is 1.74. The van der Waals surface area contributed by atoms with E-state index in [-0.39, 0.29) is 16.2 Å². The molecule has 3 heteroatoms. The lowest BCUT2D eigenvalue weighted by Crippen LogP contribution is -2.50. The summed E-state index contributed by atoms with van der Waals surface area (Å²) in [6.07, 6.45) is 5.70. The third-order valence-corrected chi connectivity index (χ3v) is 8.79. The fourth-order valence-electron chi connectivity index (χ4n) is 7.31. The molecular weight excluding hydrogens is 298 g/mol. The number of likely N-dealkylation sites (tertiary alicyclic amines) is 1. The highest BCUT2D eigenvalue weighted by molar-refractivity contribution is 5.99. The predicted octanol–water partition coefficient (Wildman–Crippen LogP) is 4.20. The van der Waals surface area contributed by atoms with E-state index in [1.54, 1.807) is 0 Å². The summed E-state index contributed by atoms with van der Waals surface area (Å²) in [5.74, 6) is 0.620. The first kappa shape index (κ1) is 16.6. The van der Waals surface area contributed by atoms with Crippen molar-refractivity contribution in [1.82, 2.24) is 4.90 Å². The van der Waals surface area contributed by atoms with Gasteiger partial charge in [0.05, 0.1) is 5.41 Å². The zero-order valence-corrected chi connectivity index (χ0v) is 16.3. The van der Waals surface area contributed by atoms with Crippen molar-refractivity contribution in [2.45, 2.75) is 86.1 Å². The van der Waals surface area contributed by atoms with Crippen LogP contribution in [0.3, 0.4) is 0 Å². The number of carbonyl (C=O) groups is 2. The van der Waals surface area contributed by atoms with Crippen LogP contribution in [0.15, 0.2) is 0 Å². The smallest absolute Gasteiger partial charge is 0.230 e. The van der Waals surface area contributed by atoms with E-state index in [9.17, 15) is 9.59 Å². The van der Waals surface area contributed by atoms with Gasteiger partial charge < -0.3 is 4.90 Å². The van der Waals surface area contributed by atoms with Gasteiger partial charge in [-0.15, -0.1) is 0 Å². The van der Waals surface area contributed by atoms with E-state index in [2.05, 4.69) is 46.4 Å². The number of carbonyl (C=O) groups excluding carboxylic acids is 2. The second-order valence-electron chi connectivity index (χ2n) is 11.3. The standard InChI is InChI=1S/C21H33NO2/c1-17(2)9-14-10-19(5,12-17)13-22(14)16(24)21-8-7-20(6,15(23)11-21)18(21,3)4/h14H,7-13H2,1-6H3/t14-,19-,20-,21+/m1/s1. The molecule has 134 valence electrons. The minimum Gasteiger partial charge on any atom is -0.339 e. The molecule has 0 radical (unpaired) electrons. The van der Waals surface area contributed by atoms with Crippen LogP contribution in [-0.2, 0) is 9.59 Å². The monoisotopic (exact) mass is 331 g/mol. The van der Waals surface area contributed by atoms with Gasteiger partial charge in [-0.25, -0.2) is 0 Å². The fourth-order valence-corrected chi connectivity index (χ4v) is 7.31. The highest BCUT2D eigenvalue weighted by atomic mass is 16.2. The molecule has 0 aromatic heterocycles. The van der Waals surface area contributed by atoms with Gasteiger partial charge in [0.2, 0.25) is 5.91 Å².